The van der Waals surface area contributed by atoms with Crippen LogP contribution in [-0.4, -0.2) is 4.57 Å². The lowest BCUT2D eigenvalue weighted by Crippen LogP contribution is -2.34. The average Bonchev–Trinajstić information content (AvgIpc) is 3.39. The van der Waals surface area contributed by atoms with E-state index in [1.807, 2.05) is 0 Å². The van der Waals surface area contributed by atoms with E-state index in [1.54, 1.807) is 0 Å². The monoisotopic (exact) mass is 475 g/mol. The summed E-state index contributed by atoms with van der Waals surface area (Å²) in [6, 6.07) is 32.5. The first-order valence-corrected chi connectivity index (χ1v) is 13.3. The first kappa shape index (κ1) is 21.0. The summed E-state index contributed by atoms with van der Waals surface area (Å²) in [6.45, 7) is 11.4. The molecule has 0 fully saturated rings. The van der Waals surface area contributed by atoms with Crippen LogP contribution >= 0.6 is 0 Å². The lowest BCUT2D eigenvalue weighted by Gasteiger charge is -2.40. The van der Waals surface area contributed by atoms with Gasteiger partial charge in [-0.3, -0.25) is 0 Å². The highest BCUT2D eigenvalue weighted by Gasteiger charge is 2.51. The van der Waals surface area contributed by atoms with Crippen LogP contribution < -0.4 is 0 Å². The van der Waals surface area contributed by atoms with Gasteiger partial charge in [0.05, 0.1) is 22.1 Å². The van der Waals surface area contributed by atoms with Gasteiger partial charge in [0.25, 0.3) is 0 Å². The minimum absolute atomic E-state index is 0.354. The van der Waals surface area contributed by atoms with Crippen LogP contribution in [0.4, 0.5) is 0 Å². The number of benzene rings is 5. The molecule has 37 heavy (non-hydrogen) atoms. The minimum atomic E-state index is -0.354. The van der Waals surface area contributed by atoms with E-state index in [4.69, 9.17) is 0 Å². The van der Waals surface area contributed by atoms with Gasteiger partial charge in [-0.15, -0.1) is 0 Å². The van der Waals surface area contributed by atoms with E-state index in [2.05, 4.69) is 124 Å². The van der Waals surface area contributed by atoms with E-state index in [0.29, 0.717) is 0 Å². The zero-order valence-electron chi connectivity index (χ0n) is 22.0. The number of hydrogen-bond donors (Lipinski definition) is 0. The summed E-state index contributed by atoms with van der Waals surface area (Å²) in [7, 11) is 0. The Morgan fingerprint density at radius 2 is 1.22 bits per heavy atom. The van der Waals surface area contributed by atoms with Crippen molar-refractivity contribution in [3.8, 4) is 16.8 Å². The summed E-state index contributed by atoms with van der Waals surface area (Å²) in [6.07, 6.45) is 0. The van der Waals surface area contributed by atoms with Crippen LogP contribution in [0.3, 0.4) is 0 Å². The summed E-state index contributed by atoms with van der Waals surface area (Å²) in [5, 5.41) is 2.66. The maximum Gasteiger partial charge on any atom is 0.0754 e. The van der Waals surface area contributed by atoms with Gasteiger partial charge in [0, 0.05) is 10.8 Å². The van der Waals surface area contributed by atoms with Gasteiger partial charge in [-0.2, -0.15) is 0 Å². The maximum atomic E-state index is 2.54. The lowest BCUT2D eigenvalue weighted by molar-refractivity contribution is 0.745. The fourth-order valence-electron chi connectivity index (χ4n) is 7.48. The zero-order valence-corrected chi connectivity index (χ0v) is 22.0. The van der Waals surface area contributed by atoms with Crippen molar-refractivity contribution in [1.82, 2.24) is 4.57 Å². The normalized spacial score (nSPS) is 16.9. The first-order valence-electron chi connectivity index (χ1n) is 13.3. The van der Waals surface area contributed by atoms with Crippen LogP contribution in [0.2, 0.25) is 0 Å². The fraction of sp³-hybridized carbons (Fsp3) is 0.167. The van der Waals surface area contributed by atoms with E-state index >= 15 is 0 Å². The molecule has 2 aliphatic rings. The Bertz CT molecular complexity index is 1980. The van der Waals surface area contributed by atoms with Crippen molar-refractivity contribution in [2.24, 2.45) is 0 Å². The van der Waals surface area contributed by atoms with Crippen LogP contribution in [0.5, 0.6) is 0 Å². The molecule has 178 valence electrons. The molecule has 1 nitrogen and oxygen atoms in total. The largest absolute Gasteiger partial charge is 0.309 e. The summed E-state index contributed by atoms with van der Waals surface area (Å²) in [4.78, 5) is 0. The van der Waals surface area contributed by atoms with Gasteiger partial charge in [-0.25, -0.2) is 0 Å². The van der Waals surface area contributed by atoms with E-state index in [9.17, 15) is 0 Å². The van der Waals surface area contributed by atoms with Crippen LogP contribution in [0.25, 0.3) is 38.6 Å². The predicted molar refractivity (Wildman–Crippen MR) is 155 cm³/mol. The quantitative estimate of drug-likeness (QED) is 0.206. The number of rotatable bonds is 0. The van der Waals surface area contributed by atoms with Gasteiger partial charge in [0.2, 0.25) is 0 Å². The molecule has 1 spiro atoms. The van der Waals surface area contributed by atoms with Crippen molar-refractivity contribution < 1.29 is 0 Å². The second-order valence-corrected chi connectivity index (χ2v) is 11.2. The number of fused-ring (bicyclic) bond motifs is 12. The third-order valence-electron chi connectivity index (χ3n) is 9.52. The number of nitrogens with zero attached hydrogens (tertiary/aromatic N) is 1. The molecule has 8 rings (SSSR count). The molecule has 0 radical (unpaired) electrons. The van der Waals surface area contributed by atoms with Crippen LogP contribution in [0.1, 0.15) is 50.1 Å². The Labute approximate surface area is 218 Å². The number of hydrogen-bond acceptors (Lipinski definition) is 0. The van der Waals surface area contributed by atoms with E-state index < -0.39 is 0 Å². The Morgan fingerprint density at radius 3 is 2.08 bits per heavy atom. The van der Waals surface area contributed by atoms with Crippen molar-refractivity contribution in [1.29, 1.82) is 0 Å². The van der Waals surface area contributed by atoms with Crippen LogP contribution in [0.15, 0.2) is 84.9 Å². The second kappa shape index (κ2) is 6.81. The molecule has 0 amide bonds. The molecule has 0 bridgehead atoms. The molecule has 1 heteroatoms. The number of aryl methyl sites for hydroxylation is 3. The summed E-state index contributed by atoms with van der Waals surface area (Å²) in [5.41, 5.74) is 18.9. The topological polar surface area (TPSA) is 4.93 Å². The Hall–Kier alpha value is -4.10. The van der Waals surface area contributed by atoms with E-state index in [-0.39, 0.29) is 5.41 Å². The molecule has 1 unspecified atom stereocenters. The standard InChI is InChI=1S/C36H29N/c1-20-17-30-33(19-21(20)2)37-32-16-9-7-11-25(32)26-13-10-15-29(35(26)37)36(30)28-14-8-6-12-27(28)34-24(5)23(4)22(3)18-31(34)36/h6-19H,1-5H3. The van der Waals surface area contributed by atoms with Gasteiger partial charge in [0.1, 0.15) is 0 Å². The molecule has 1 atom stereocenters. The molecule has 6 aromatic rings. The lowest BCUT2D eigenvalue weighted by atomic mass is 9.64. The Kier molecular flexibility index (Phi) is 3.87. The zero-order chi connectivity index (χ0) is 25.2. The van der Waals surface area contributed by atoms with Crippen molar-refractivity contribution in [3.63, 3.8) is 0 Å². The van der Waals surface area contributed by atoms with Crippen molar-refractivity contribution in [2.75, 3.05) is 0 Å². The molecule has 5 aromatic carbocycles. The SMILES string of the molecule is Cc1cc2c(cc1C)C1(c3ccccc3-c3c1cc(C)c(C)c3C)c1cccc3c4ccccc4n-2c13. The molecule has 2 heterocycles. The van der Waals surface area contributed by atoms with Crippen molar-refractivity contribution >= 4 is 21.8 Å². The van der Waals surface area contributed by atoms with Gasteiger partial charge < -0.3 is 4.57 Å². The predicted octanol–water partition coefficient (Wildman–Crippen LogP) is 9.00. The first-order chi connectivity index (χ1) is 17.9. The highest BCUT2D eigenvalue weighted by atomic mass is 15.0. The third kappa shape index (κ3) is 2.28. The van der Waals surface area contributed by atoms with Crippen LogP contribution in [0, 0.1) is 34.6 Å². The molecule has 0 saturated carbocycles. The number of aromatic nitrogens is 1. The fourth-order valence-corrected chi connectivity index (χ4v) is 7.48. The maximum absolute atomic E-state index is 2.54. The van der Waals surface area contributed by atoms with Gasteiger partial charge in [-0.1, -0.05) is 72.8 Å². The number of para-hydroxylation sites is 2. The van der Waals surface area contributed by atoms with Crippen molar-refractivity contribution in [2.45, 2.75) is 40.0 Å². The summed E-state index contributed by atoms with van der Waals surface area (Å²) in [5.74, 6) is 0. The van der Waals surface area contributed by atoms with E-state index in [1.165, 1.54) is 88.7 Å². The summed E-state index contributed by atoms with van der Waals surface area (Å²) >= 11 is 0. The summed E-state index contributed by atoms with van der Waals surface area (Å²) < 4.78 is 2.54. The van der Waals surface area contributed by atoms with Crippen LogP contribution in [-0.2, 0) is 5.41 Å². The minimum Gasteiger partial charge on any atom is -0.309 e. The smallest absolute Gasteiger partial charge is 0.0754 e. The van der Waals surface area contributed by atoms with E-state index in [0.717, 1.165) is 0 Å². The molecule has 0 saturated heterocycles. The third-order valence-corrected chi connectivity index (χ3v) is 9.52. The Balaban J connectivity index is 1.71. The molecule has 1 aromatic heterocycles. The Morgan fingerprint density at radius 1 is 0.541 bits per heavy atom. The highest BCUT2D eigenvalue weighted by molar-refractivity contribution is 6.13. The van der Waals surface area contributed by atoms with Gasteiger partial charge >= 0.3 is 0 Å². The highest BCUT2D eigenvalue weighted by Crippen LogP contribution is 2.62. The molecule has 0 N–H and O–H groups in total. The molecular weight excluding hydrogens is 446 g/mol. The van der Waals surface area contributed by atoms with Gasteiger partial charge in [0.15, 0.2) is 0 Å². The second-order valence-electron chi connectivity index (χ2n) is 11.2. The molecular formula is C36H29N. The van der Waals surface area contributed by atoms with Crippen molar-refractivity contribution in [3.05, 3.63) is 135 Å². The average molecular weight is 476 g/mol. The van der Waals surface area contributed by atoms with Gasteiger partial charge in [-0.05, 0) is 108 Å². The molecule has 1 aliphatic carbocycles. The molecule has 1 aliphatic heterocycles.